The zero-order valence-corrected chi connectivity index (χ0v) is 11.7. The highest BCUT2D eigenvalue weighted by Gasteiger charge is 2.09. The maximum absolute atomic E-state index is 10.7. The molecule has 0 aliphatic carbocycles. The van der Waals surface area contributed by atoms with Crippen molar-refractivity contribution in [2.45, 2.75) is 17.5 Å². The largest absolute Gasteiger partial charge is 0.318 e. The van der Waals surface area contributed by atoms with Crippen LogP contribution >= 0.6 is 11.8 Å². The molecule has 1 N–H and O–H groups in total. The van der Waals surface area contributed by atoms with E-state index in [-0.39, 0.29) is 5.69 Å². The molecule has 106 valence electrons. The number of nitro groups is 1. The van der Waals surface area contributed by atoms with Gasteiger partial charge >= 0.3 is 0 Å². The Morgan fingerprint density at radius 3 is 3.10 bits per heavy atom. The van der Waals surface area contributed by atoms with Gasteiger partial charge in [0.05, 0.1) is 11.5 Å². The third-order valence-electron chi connectivity index (χ3n) is 2.56. The van der Waals surface area contributed by atoms with E-state index in [0.29, 0.717) is 17.5 Å². The number of aromatic nitrogens is 4. The third kappa shape index (κ3) is 3.75. The van der Waals surface area contributed by atoms with Crippen molar-refractivity contribution in [2.24, 2.45) is 0 Å². The van der Waals surface area contributed by atoms with Crippen LogP contribution in [0.3, 0.4) is 0 Å². The van der Waals surface area contributed by atoms with Crippen LogP contribution in [0.2, 0.25) is 0 Å². The highest BCUT2D eigenvalue weighted by atomic mass is 32.2. The van der Waals surface area contributed by atoms with Gasteiger partial charge in [0.25, 0.3) is 5.69 Å². The lowest BCUT2D eigenvalue weighted by Gasteiger charge is -2.03. The molecule has 0 bridgehead atoms. The monoisotopic (exact) mass is 294 g/mol. The molecule has 0 fully saturated rings. The van der Waals surface area contributed by atoms with Crippen LogP contribution in [0.5, 0.6) is 0 Å². The molecule has 0 saturated heterocycles. The summed E-state index contributed by atoms with van der Waals surface area (Å²) in [6.07, 6.45) is 0. The van der Waals surface area contributed by atoms with Crippen molar-refractivity contribution in [1.82, 2.24) is 25.5 Å². The van der Waals surface area contributed by atoms with E-state index in [1.807, 2.05) is 13.1 Å². The first-order valence-electron chi connectivity index (χ1n) is 5.97. The number of thioether (sulfide) groups is 1. The van der Waals surface area contributed by atoms with Crippen molar-refractivity contribution in [3.8, 4) is 0 Å². The number of likely N-dealkylation sites (N-methyl/N-ethyl adjacent to an activating group) is 1. The number of hydrogen-bond donors (Lipinski definition) is 1. The van der Waals surface area contributed by atoms with Crippen LogP contribution in [0, 0.1) is 10.1 Å². The lowest BCUT2D eigenvalue weighted by Crippen LogP contribution is -2.16. The maximum atomic E-state index is 10.7. The molecule has 0 spiro atoms. The topological polar surface area (TPSA) is 98.8 Å². The van der Waals surface area contributed by atoms with Gasteiger partial charge in [-0.3, -0.25) is 10.1 Å². The number of tetrazole rings is 1. The number of nitro benzene ring substituents is 1. The van der Waals surface area contributed by atoms with Gasteiger partial charge in [-0.15, -0.1) is 5.10 Å². The fraction of sp³-hybridized carbons (Fsp3) is 0.364. The fourth-order valence-corrected chi connectivity index (χ4v) is 2.41. The average molecular weight is 294 g/mol. The SMILES string of the molecule is CNCCn1nnnc1SCc1cccc([N+](=O)[O-])c1. The standard InChI is InChI=1S/C11H14N6O2S/c1-12-5-6-16-11(13-14-15-16)20-8-9-3-2-4-10(7-9)17(18)19/h2-4,7,12H,5-6,8H2,1H3. The maximum Gasteiger partial charge on any atom is 0.269 e. The smallest absolute Gasteiger partial charge is 0.269 e. The first-order chi connectivity index (χ1) is 9.70. The molecular formula is C11H14N6O2S. The van der Waals surface area contributed by atoms with Gasteiger partial charge < -0.3 is 5.32 Å². The quantitative estimate of drug-likeness (QED) is 0.463. The molecule has 2 aromatic rings. The van der Waals surface area contributed by atoms with Crippen molar-refractivity contribution < 1.29 is 4.92 Å². The first-order valence-corrected chi connectivity index (χ1v) is 6.96. The van der Waals surface area contributed by atoms with Gasteiger partial charge in [0.2, 0.25) is 5.16 Å². The summed E-state index contributed by atoms with van der Waals surface area (Å²) in [5.74, 6) is 0.585. The summed E-state index contributed by atoms with van der Waals surface area (Å²) in [6.45, 7) is 1.45. The van der Waals surface area contributed by atoms with Crippen LogP contribution in [0.1, 0.15) is 5.56 Å². The molecule has 1 heterocycles. The number of rotatable bonds is 7. The Balaban J connectivity index is 2.00. The van der Waals surface area contributed by atoms with Gasteiger partial charge in [0, 0.05) is 24.4 Å². The van der Waals surface area contributed by atoms with Gasteiger partial charge in [-0.2, -0.15) is 0 Å². The number of non-ortho nitro benzene ring substituents is 1. The number of nitrogens with zero attached hydrogens (tertiary/aromatic N) is 5. The fourth-order valence-electron chi connectivity index (χ4n) is 1.57. The minimum Gasteiger partial charge on any atom is -0.318 e. The molecule has 0 saturated carbocycles. The van der Waals surface area contributed by atoms with Crippen LogP contribution in [0.4, 0.5) is 5.69 Å². The van der Waals surface area contributed by atoms with Crippen LogP contribution in [0.25, 0.3) is 0 Å². The molecule has 2 rings (SSSR count). The van der Waals surface area contributed by atoms with E-state index < -0.39 is 4.92 Å². The van der Waals surface area contributed by atoms with Gasteiger partial charge in [0.15, 0.2) is 0 Å². The van der Waals surface area contributed by atoms with E-state index >= 15 is 0 Å². The Morgan fingerprint density at radius 2 is 2.35 bits per heavy atom. The van der Waals surface area contributed by atoms with Crippen molar-refractivity contribution in [2.75, 3.05) is 13.6 Å². The van der Waals surface area contributed by atoms with E-state index in [4.69, 9.17) is 0 Å². The second kappa shape index (κ2) is 6.96. The third-order valence-corrected chi connectivity index (χ3v) is 3.59. The average Bonchev–Trinajstić information content (AvgIpc) is 2.90. The Hall–Kier alpha value is -2.00. The minimum atomic E-state index is -0.398. The van der Waals surface area contributed by atoms with Crippen molar-refractivity contribution >= 4 is 17.4 Å². The van der Waals surface area contributed by atoms with E-state index in [9.17, 15) is 10.1 Å². The molecule has 0 aliphatic heterocycles. The normalized spacial score (nSPS) is 10.7. The van der Waals surface area contributed by atoms with Crippen LogP contribution < -0.4 is 5.32 Å². The number of nitrogens with one attached hydrogen (secondary N) is 1. The molecule has 0 amide bonds. The Morgan fingerprint density at radius 1 is 1.50 bits per heavy atom. The minimum absolute atomic E-state index is 0.0953. The molecule has 0 radical (unpaired) electrons. The van der Waals surface area contributed by atoms with E-state index in [1.54, 1.807) is 16.8 Å². The lowest BCUT2D eigenvalue weighted by atomic mass is 10.2. The predicted molar refractivity (Wildman–Crippen MR) is 74.4 cm³/mol. The van der Waals surface area contributed by atoms with Gasteiger partial charge in [-0.05, 0) is 23.0 Å². The summed E-state index contributed by atoms with van der Waals surface area (Å²) in [4.78, 5) is 10.3. The number of benzene rings is 1. The van der Waals surface area contributed by atoms with E-state index in [1.165, 1.54) is 17.8 Å². The predicted octanol–water partition coefficient (Wildman–Crippen LogP) is 1.09. The Labute approximate surface area is 119 Å². The molecule has 0 atom stereocenters. The Bertz CT molecular complexity index is 588. The summed E-state index contributed by atoms with van der Waals surface area (Å²) in [7, 11) is 1.86. The van der Waals surface area contributed by atoms with Crippen LogP contribution in [-0.4, -0.2) is 38.7 Å². The van der Waals surface area contributed by atoms with Crippen molar-refractivity contribution in [3.05, 3.63) is 39.9 Å². The summed E-state index contributed by atoms with van der Waals surface area (Å²) in [5.41, 5.74) is 0.963. The van der Waals surface area contributed by atoms with Crippen LogP contribution in [0.15, 0.2) is 29.4 Å². The molecule has 1 aromatic carbocycles. The molecule has 9 heteroatoms. The summed E-state index contributed by atoms with van der Waals surface area (Å²) in [6, 6.07) is 6.57. The number of hydrogen-bond acceptors (Lipinski definition) is 7. The molecular weight excluding hydrogens is 280 g/mol. The van der Waals surface area contributed by atoms with Gasteiger partial charge in [0.1, 0.15) is 0 Å². The first kappa shape index (κ1) is 14.4. The van der Waals surface area contributed by atoms with E-state index in [2.05, 4.69) is 20.8 Å². The molecule has 0 aliphatic rings. The molecule has 20 heavy (non-hydrogen) atoms. The van der Waals surface area contributed by atoms with Crippen molar-refractivity contribution in [1.29, 1.82) is 0 Å². The second-order valence-corrected chi connectivity index (χ2v) is 4.95. The highest BCUT2D eigenvalue weighted by Crippen LogP contribution is 2.22. The summed E-state index contributed by atoms with van der Waals surface area (Å²) >= 11 is 1.45. The van der Waals surface area contributed by atoms with Crippen molar-refractivity contribution in [3.63, 3.8) is 0 Å². The Kier molecular flexibility index (Phi) is 5.02. The second-order valence-electron chi connectivity index (χ2n) is 4.00. The zero-order valence-electron chi connectivity index (χ0n) is 10.9. The highest BCUT2D eigenvalue weighted by molar-refractivity contribution is 7.98. The van der Waals surface area contributed by atoms with E-state index in [0.717, 1.165) is 12.1 Å². The van der Waals surface area contributed by atoms with Gasteiger partial charge in [-0.1, -0.05) is 23.9 Å². The van der Waals surface area contributed by atoms with Crippen LogP contribution in [-0.2, 0) is 12.3 Å². The molecule has 1 aromatic heterocycles. The van der Waals surface area contributed by atoms with Gasteiger partial charge in [-0.25, -0.2) is 4.68 Å². The lowest BCUT2D eigenvalue weighted by molar-refractivity contribution is -0.384. The summed E-state index contributed by atoms with van der Waals surface area (Å²) in [5, 5.41) is 25.9. The molecule has 0 unspecified atom stereocenters. The molecule has 8 nitrogen and oxygen atoms in total. The summed E-state index contributed by atoms with van der Waals surface area (Å²) < 4.78 is 1.71. The zero-order chi connectivity index (χ0) is 14.4.